The van der Waals surface area contributed by atoms with Crippen LogP contribution in [0.3, 0.4) is 0 Å². The maximum atomic E-state index is 13.2. The van der Waals surface area contributed by atoms with E-state index >= 15 is 0 Å². The number of nitrogens with zero attached hydrogens (tertiary/aromatic N) is 2. The van der Waals surface area contributed by atoms with Crippen molar-refractivity contribution in [1.82, 2.24) is 9.88 Å². The summed E-state index contributed by atoms with van der Waals surface area (Å²) in [7, 11) is 1.77. The molecule has 0 atom stereocenters. The van der Waals surface area contributed by atoms with E-state index in [2.05, 4.69) is 10.3 Å². The average molecular weight is 251 g/mol. The molecule has 2 rings (SSSR count). The molecule has 0 spiro atoms. The molecule has 0 unspecified atom stereocenters. The lowest BCUT2D eigenvalue weighted by molar-refractivity contribution is 0.0652. The van der Waals surface area contributed by atoms with Gasteiger partial charge < -0.3 is 10.2 Å². The minimum Gasteiger partial charge on any atom is -0.370 e. The van der Waals surface area contributed by atoms with Gasteiger partial charge in [-0.1, -0.05) is 0 Å². The van der Waals surface area contributed by atoms with Gasteiger partial charge in [0, 0.05) is 19.6 Å². The quantitative estimate of drug-likeness (QED) is 0.893. The molecule has 98 valence electrons. The van der Waals surface area contributed by atoms with Gasteiger partial charge in [-0.2, -0.15) is 0 Å². The van der Waals surface area contributed by atoms with E-state index in [1.54, 1.807) is 11.9 Å². The number of carbonyl (C=O) groups is 1. The number of anilines is 1. The summed E-state index contributed by atoms with van der Waals surface area (Å²) in [4.78, 5) is 17.9. The van der Waals surface area contributed by atoms with E-state index in [1.807, 2.05) is 6.92 Å². The molecule has 0 saturated heterocycles. The molecular formula is C13H18FN3O. The first-order valence-corrected chi connectivity index (χ1v) is 6.30. The van der Waals surface area contributed by atoms with Crippen molar-refractivity contribution >= 4 is 11.7 Å². The number of nitrogens with one attached hydrogen (secondary N) is 1. The minimum atomic E-state index is -0.484. The number of carbonyl (C=O) groups excluding carboxylic acids is 1. The van der Waals surface area contributed by atoms with Gasteiger partial charge in [-0.15, -0.1) is 0 Å². The second-order valence-corrected chi connectivity index (χ2v) is 4.58. The molecule has 1 aliphatic rings. The lowest BCUT2D eigenvalue weighted by Crippen LogP contribution is -2.41. The van der Waals surface area contributed by atoms with Gasteiger partial charge in [0.25, 0.3) is 5.91 Å². The van der Waals surface area contributed by atoms with Crippen LogP contribution in [0.2, 0.25) is 0 Å². The summed E-state index contributed by atoms with van der Waals surface area (Å²) >= 11 is 0. The zero-order valence-electron chi connectivity index (χ0n) is 10.7. The third-order valence-corrected chi connectivity index (χ3v) is 3.37. The molecule has 1 fully saturated rings. The summed E-state index contributed by atoms with van der Waals surface area (Å²) in [5.74, 6) is -0.195. The Labute approximate surface area is 106 Å². The zero-order valence-corrected chi connectivity index (χ0v) is 10.7. The SMILES string of the molecule is CCNc1ncc(F)cc1C(=O)N(C)C1CCC1. The number of amides is 1. The second kappa shape index (κ2) is 5.33. The number of hydrogen-bond acceptors (Lipinski definition) is 3. The van der Waals surface area contributed by atoms with Crippen molar-refractivity contribution in [3.05, 3.63) is 23.6 Å². The zero-order chi connectivity index (χ0) is 13.1. The first-order valence-electron chi connectivity index (χ1n) is 6.30. The molecule has 1 N–H and O–H groups in total. The fourth-order valence-corrected chi connectivity index (χ4v) is 2.04. The lowest BCUT2D eigenvalue weighted by Gasteiger charge is -2.35. The van der Waals surface area contributed by atoms with Crippen LogP contribution in [0.1, 0.15) is 36.5 Å². The molecule has 1 heterocycles. The molecule has 0 radical (unpaired) electrons. The maximum Gasteiger partial charge on any atom is 0.257 e. The van der Waals surface area contributed by atoms with E-state index in [-0.39, 0.29) is 11.9 Å². The van der Waals surface area contributed by atoms with E-state index in [0.29, 0.717) is 17.9 Å². The van der Waals surface area contributed by atoms with Crippen LogP contribution in [0, 0.1) is 5.82 Å². The Morgan fingerprint density at radius 1 is 1.61 bits per heavy atom. The summed E-state index contributed by atoms with van der Waals surface area (Å²) in [6, 6.07) is 1.54. The summed E-state index contributed by atoms with van der Waals surface area (Å²) < 4.78 is 13.2. The Morgan fingerprint density at radius 2 is 2.33 bits per heavy atom. The van der Waals surface area contributed by atoms with Gasteiger partial charge in [-0.3, -0.25) is 4.79 Å². The Morgan fingerprint density at radius 3 is 2.89 bits per heavy atom. The highest BCUT2D eigenvalue weighted by molar-refractivity contribution is 5.98. The van der Waals surface area contributed by atoms with E-state index in [4.69, 9.17) is 0 Å². The number of aromatic nitrogens is 1. The van der Waals surface area contributed by atoms with Gasteiger partial charge in [-0.05, 0) is 32.3 Å². The van der Waals surface area contributed by atoms with Crippen LogP contribution in [-0.2, 0) is 0 Å². The molecule has 0 aliphatic heterocycles. The van der Waals surface area contributed by atoms with Crippen molar-refractivity contribution in [2.24, 2.45) is 0 Å². The van der Waals surface area contributed by atoms with Crippen molar-refractivity contribution in [1.29, 1.82) is 0 Å². The van der Waals surface area contributed by atoms with E-state index in [9.17, 15) is 9.18 Å². The van der Waals surface area contributed by atoms with Crippen LogP contribution < -0.4 is 5.32 Å². The minimum absolute atomic E-state index is 0.164. The molecule has 1 amide bonds. The fraction of sp³-hybridized carbons (Fsp3) is 0.538. The molecule has 0 bridgehead atoms. The topological polar surface area (TPSA) is 45.2 Å². The molecule has 18 heavy (non-hydrogen) atoms. The highest BCUT2D eigenvalue weighted by atomic mass is 19.1. The van der Waals surface area contributed by atoms with Gasteiger partial charge in [0.05, 0.1) is 11.8 Å². The highest BCUT2D eigenvalue weighted by Crippen LogP contribution is 2.26. The van der Waals surface area contributed by atoms with Crippen LogP contribution in [0.4, 0.5) is 10.2 Å². The molecule has 1 aliphatic carbocycles. The third kappa shape index (κ3) is 2.44. The Hall–Kier alpha value is -1.65. The first kappa shape index (κ1) is 12.8. The van der Waals surface area contributed by atoms with Crippen LogP contribution in [-0.4, -0.2) is 35.4 Å². The predicted octanol–water partition coefficient (Wildman–Crippen LogP) is 2.28. The molecule has 1 saturated carbocycles. The van der Waals surface area contributed by atoms with Crippen LogP contribution >= 0.6 is 0 Å². The van der Waals surface area contributed by atoms with E-state index in [0.717, 1.165) is 25.5 Å². The van der Waals surface area contributed by atoms with Gasteiger partial charge in [-0.25, -0.2) is 9.37 Å². The monoisotopic (exact) mass is 251 g/mol. The van der Waals surface area contributed by atoms with Crippen LogP contribution in [0.15, 0.2) is 12.3 Å². The number of rotatable bonds is 4. The van der Waals surface area contributed by atoms with Crippen LogP contribution in [0.5, 0.6) is 0 Å². The Balaban J connectivity index is 2.24. The summed E-state index contributed by atoms with van der Waals surface area (Å²) in [6.45, 7) is 2.56. The third-order valence-electron chi connectivity index (χ3n) is 3.37. The molecule has 4 nitrogen and oxygen atoms in total. The molecule has 1 aromatic rings. The number of hydrogen-bond donors (Lipinski definition) is 1. The molecule has 5 heteroatoms. The molecular weight excluding hydrogens is 233 g/mol. The Kier molecular flexibility index (Phi) is 3.79. The van der Waals surface area contributed by atoms with E-state index in [1.165, 1.54) is 6.07 Å². The normalized spacial score (nSPS) is 15.1. The van der Waals surface area contributed by atoms with Crippen molar-refractivity contribution in [2.75, 3.05) is 18.9 Å². The second-order valence-electron chi connectivity index (χ2n) is 4.58. The summed E-state index contributed by atoms with van der Waals surface area (Å²) in [5, 5.41) is 2.99. The first-order chi connectivity index (χ1) is 8.63. The smallest absolute Gasteiger partial charge is 0.257 e. The van der Waals surface area contributed by atoms with Gasteiger partial charge in [0.1, 0.15) is 11.6 Å². The van der Waals surface area contributed by atoms with Crippen molar-refractivity contribution in [3.63, 3.8) is 0 Å². The number of pyridine rings is 1. The highest BCUT2D eigenvalue weighted by Gasteiger charge is 2.28. The largest absolute Gasteiger partial charge is 0.370 e. The Bertz CT molecular complexity index is 446. The molecule has 1 aromatic heterocycles. The van der Waals surface area contributed by atoms with Gasteiger partial charge in [0.2, 0.25) is 0 Å². The standard InChI is InChI=1S/C13H18FN3O/c1-3-15-12-11(7-9(14)8-16-12)13(18)17(2)10-5-4-6-10/h7-8,10H,3-6H2,1-2H3,(H,15,16). The summed E-state index contributed by atoms with van der Waals surface area (Å²) in [6.07, 6.45) is 4.34. The van der Waals surface area contributed by atoms with E-state index < -0.39 is 5.82 Å². The van der Waals surface area contributed by atoms with Crippen molar-refractivity contribution in [2.45, 2.75) is 32.2 Å². The van der Waals surface area contributed by atoms with Crippen LogP contribution in [0.25, 0.3) is 0 Å². The predicted molar refractivity (Wildman–Crippen MR) is 68.1 cm³/mol. The van der Waals surface area contributed by atoms with Gasteiger partial charge in [0.15, 0.2) is 0 Å². The number of halogens is 1. The summed E-state index contributed by atoms with van der Waals surface area (Å²) in [5.41, 5.74) is 0.311. The fourth-order valence-electron chi connectivity index (χ4n) is 2.04. The molecule has 0 aromatic carbocycles. The maximum absolute atomic E-state index is 13.2. The van der Waals surface area contributed by atoms with Crippen molar-refractivity contribution in [3.8, 4) is 0 Å². The van der Waals surface area contributed by atoms with Crippen molar-refractivity contribution < 1.29 is 9.18 Å². The lowest BCUT2D eigenvalue weighted by atomic mass is 9.91. The average Bonchev–Trinajstić information content (AvgIpc) is 2.28. The van der Waals surface area contributed by atoms with Gasteiger partial charge >= 0.3 is 0 Å².